The lowest BCUT2D eigenvalue weighted by Crippen LogP contribution is -2.32. The number of aryl methyl sites for hydroxylation is 2. The Hall–Kier alpha value is -3.25. The summed E-state index contributed by atoms with van der Waals surface area (Å²) >= 11 is 1.73. The van der Waals surface area contributed by atoms with E-state index < -0.39 is 12.0 Å². The molecule has 4 aromatic rings. The quantitative estimate of drug-likeness (QED) is 0.438. The zero-order chi connectivity index (χ0) is 21.2. The highest BCUT2D eigenvalue weighted by atomic mass is 32.1. The first kappa shape index (κ1) is 19.7. The van der Waals surface area contributed by atoms with E-state index in [1.165, 1.54) is 10.4 Å². The lowest BCUT2D eigenvalue weighted by Gasteiger charge is -2.17. The van der Waals surface area contributed by atoms with Crippen LogP contribution in [0.25, 0.3) is 10.2 Å². The monoisotopic (exact) mass is 429 g/mol. The van der Waals surface area contributed by atoms with E-state index in [2.05, 4.69) is 17.4 Å². The topological polar surface area (TPSA) is 75.1 Å². The standard InChI is InChI=1S/C25H23N3O2S/c29-25(30)19(14-16-8-3-1-4-9-16)26-23-22-18-12-7-13-20(18)31-24(22)28-21(27-23)15-17-10-5-2-6-11-17/h1-6,8-11,19H,7,12-15H2,(H,29,30)(H,26,27,28). The molecule has 2 N–H and O–H groups in total. The van der Waals surface area contributed by atoms with Crippen molar-refractivity contribution in [2.24, 2.45) is 0 Å². The Morgan fingerprint density at radius 1 is 1.00 bits per heavy atom. The number of carboxylic acids is 1. The van der Waals surface area contributed by atoms with E-state index in [4.69, 9.17) is 9.97 Å². The molecule has 0 fully saturated rings. The van der Waals surface area contributed by atoms with E-state index in [1.54, 1.807) is 11.3 Å². The van der Waals surface area contributed by atoms with Crippen LogP contribution in [0.1, 0.15) is 33.8 Å². The Kier molecular flexibility index (Phi) is 5.38. The zero-order valence-electron chi connectivity index (χ0n) is 17.0. The second-order valence-electron chi connectivity index (χ2n) is 7.91. The molecule has 0 amide bonds. The molecule has 5 rings (SSSR count). The minimum absolute atomic E-state index is 0.391. The largest absolute Gasteiger partial charge is 0.480 e. The van der Waals surface area contributed by atoms with Crippen molar-refractivity contribution in [3.05, 3.63) is 88.1 Å². The molecule has 6 heteroatoms. The molecular formula is C25H23N3O2S. The molecule has 31 heavy (non-hydrogen) atoms. The number of anilines is 1. The van der Waals surface area contributed by atoms with Crippen LogP contribution in [0.15, 0.2) is 60.7 Å². The molecule has 2 aromatic carbocycles. The highest BCUT2D eigenvalue weighted by Gasteiger charge is 2.25. The van der Waals surface area contributed by atoms with E-state index in [0.29, 0.717) is 24.5 Å². The lowest BCUT2D eigenvalue weighted by molar-refractivity contribution is -0.137. The van der Waals surface area contributed by atoms with E-state index >= 15 is 0 Å². The molecule has 2 aromatic heterocycles. The van der Waals surface area contributed by atoms with Crippen LogP contribution in [0, 0.1) is 0 Å². The Balaban J connectivity index is 1.54. The van der Waals surface area contributed by atoms with Crippen molar-refractivity contribution < 1.29 is 9.90 Å². The maximum absolute atomic E-state index is 12.1. The van der Waals surface area contributed by atoms with Gasteiger partial charge in [0.05, 0.1) is 5.39 Å². The Morgan fingerprint density at radius 2 is 1.71 bits per heavy atom. The van der Waals surface area contributed by atoms with Crippen LogP contribution in [0.4, 0.5) is 5.82 Å². The number of hydrogen-bond acceptors (Lipinski definition) is 5. The highest BCUT2D eigenvalue weighted by molar-refractivity contribution is 7.19. The highest BCUT2D eigenvalue weighted by Crippen LogP contribution is 2.40. The molecule has 5 nitrogen and oxygen atoms in total. The van der Waals surface area contributed by atoms with Gasteiger partial charge < -0.3 is 10.4 Å². The Labute approximate surface area is 184 Å². The van der Waals surface area contributed by atoms with Crippen LogP contribution in [-0.2, 0) is 30.5 Å². The van der Waals surface area contributed by atoms with Crippen molar-refractivity contribution in [2.75, 3.05) is 5.32 Å². The van der Waals surface area contributed by atoms with Crippen molar-refractivity contribution in [2.45, 2.75) is 38.1 Å². The number of thiophene rings is 1. The summed E-state index contributed by atoms with van der Waals surface area (Å²) in [6, 6.07) is 19.1. The van der Waals surface area contributed by atoms with Gasteiger partial charge in [0.15, 0.2) is 0 Å². The lowest BCUT2D eigenvalue weighted by atomic mass is 10.1. The van der Waals surface area contributed by atoms with Crippen LogP contribution >= 0.6 is 11.3 Å². The fourth-order valence-electron chi connectivity index (χ4n) is 4.22. The summed E-state index contributed by atoms with van der Waals surface area (Å²) in [7, 11) is 0. The van der Waals surface area contributed by atoms with E-state index in [0.717, 1.165) is 40.6 Å². The van der Waals surface area contributed by atoms with Crippen molar-refractivity contribution in [3.8, 4) is 0 Å². The first-order valence-electron chi connectivity index (χ1n) is 10.6. The summed E-state index contributed by atoms with van der Waals surface area (Å²) in [4.78, 5) is 24.1. The number of aromatic nitrogens is 2. The summed E-state index contributed by atoms with van der Waals surface area (Å²) < 4.78 is 0. The van der Waals surface area contributed by atoms with Crippen LogP contribution in [0.3, 0.4) is 0 Å². The minimum atomic E-state index is -0.882. The molecule has 2 heterocycles. The van der Waals surface area contributed by atoms with Crippen molar-refractivity contribution in [3.63, 3.8) is 0 Å². The summed E-state index contributed by atoms with van der Waals surface area (Å²) in [5, 5.41) is 14.2. The van der Waals surface area contributed by atoms with Crippen molar-refractivity contribution in [1.82, 2.24) is 9.97 Å². The van der Waals surface area contributed by atoms with Gasteiger partial charge in [0.2, 0.25) is 0 Å². The fraction of sp³-hybridized carbons (Fsp3) is 0.240. The van der Waals surface area contributed by atoms with Gasteiger partial charge in [0.1, 0.15) is 22.5 Å². The van der Waals surface area contributed by atoms with Crippen LogP contribution < -0.4 is 5.32 Å². The summed E-state index contributed by atoms with van der Waals surface area (Å²) in [6.45, 7) is 0. The van der Waals surface area contributed by atoms with Gasteiger partial charge in [0.25, 0.3) is 0 Å². The molecular weight excluding hydrogens is 406 g/mol. The normalized spacial score (nSPS) is 13.8. The van der Waals surface area contributed by atoms with Crippen molar-refractivity contribution in [1.29, 1.82) is 0 Å². The number of benzene rings is 2. The molecule has 0 saturated carbocycles. The summed E-state index contributed by atoms with van der Waals surface area (Å²) in [6.07, 6.45) is 4.21. The molecule has 0 saturated heterocycles. The number of rotatable bonds is 7. The first-order chi connectivity index (χ1) is 15.2. The molecule has 1 aliphatic rings. The van der Waals surface area contributed by atoms with Gasteiger partial charge in [-0.1, -0.05) is 60.7 Å². The SMILES string of the molecule is O=C(O)C(Cc1ccccc1)Nc1nc(Cc2ccccc2)nc2sc3c(c12)CCC3. The third-order valence-corrected chi connectivity index (χ3v) is 6.89. The second-order valence-corrected chi connectivity index (χ2v) is 9.00. The average molecular weight is 430 g/mol. The number of nitrogens with zero attached hydrogens (tertiary/aromatic N) is 2. The van der Waals surface area contributed by atoms with Gasteiger partial charge in [-0.25, -0.2) is 14.8 Å². The minimum Gasteiger partial charge on any atom is -0.480 e. The van der Waals surface area contributed by atoms with Gasteiger partial charge in [-0.3, -0.25) is 0 Å². The second kappa shape index (κ2) is 8.47. The predicted molar refractivity (Wildman–Crippen MR) is 124 cm³/mol. The van der Waals surface area contributed by atoms with Crippen molar-refractivity contribution >= 4 is 33.3 Å². The summed E-state index contributed by atoms with van der Waals surface area (Å²) in [5.41, 5.74) is 3.40. The first-order valence-corrected chi connectivity index (χ1v) is 11.4. The molecule has 1 unspecified atom stereocenters. The number of aliphatic carboxylic acids is 1. The third kappa shape index (κ3) is 4.16. The Bertz CT molecular complexity index is 1220. The van der Waals surface area contributed by atoms with Crippen LogP contribution in [-0.4, -0.2) is 27.1 Å². The molecule has 0 aliphatic heterocycles. The number of hydrogen-bond donors (Lipinski definition) is 2. The number of fused-ring (bicyclic) bond motifs is 3. The molecule has 156 valence electrons. The summed E-state index contributed by atoms with van der Waals surface area (Å²) in [5.74, 6) is 0.482. The molecule has 1 aliphatic carbocycles. The van der Waals surface area contributed by atoms with E-state index in [-0.39, 0.29) is 0 Å². The number of carbonyl (C=O) groups is 1. The van der Waals surface area contributed by atoms with Gasteiger partial charge in [-0.05, 0) is 36.0 Å². The van der Waals surface area contributed by atoms with Gasteiger partial charge in [-0.2, -0.15) is 0 Å². The van der Waals surface area contributed by atoms with Crippen LogP contribution in [0.5, 0.6) is 0 Å². The third-order valence-electron chi connectivity index (χ3n) is 5.71. The van der Waals surface area contributed by atoms with E-state index in [9.17, 15) is 9.90 Å². The van der Waals surface area contributed by atoms with Gasteiger partial charge >= 0.3 is 5.97 Å². The van der Waals surface area contributed by atoms with Gasteiger partial charge in [-0.15, -0.1) is 11.3 Å². The Morgan fingerprint density at radius 3 is 2.42 bits per heavy atom. The maximum atomic E-state index is 12.1. The number of carboxylic acid groups (broad SMARTS) is 1. The average Bonchev–Trinajstić information content (AvgIpc) is 3.35. The molecule has 0 radical (unpaired) electrons. The van der Waals surface area contributed by atoms with Gasteiger partial charge in [0, 0.05) is 17.7 Å². The number of nitrogens with one attached hydrogen (secondary N) is 1. The fourth-order valence-corrected chi connectivity index (χ4v) is 5.50. The molecule has 1 atom stereocenters. The maximum Gasteiger partial charge on any atom is 0.326 e. The van der Waals surface area contributed by atoms with E-state index in [1.807, 2.05) is 48.5 Å². The molecule has 0 bridgehead atoms. The molecule has 0 spiro atoms. The smallest absolute Gasteiger partial charge is 0.326 e. The zero-order valence-corrected chi connectivity index (χ0v) is 17.9. The van der Waals surface area contributed by atoms with Crippen LogP contribution in [0.2, 0.25) is 0 Å². The predicted octanol–water partition coefficient (Wildman–Crippen LogP) is 4.88.